The Labute approximate surface area is 166 Å². The van der Waals surface area contributed by atoms with Crippen LogP contribution in [0.2, 0.25) is 0 Å². The molecule has 28 heavy (non-hydrogen) atoms. The summed E-state index contributed by atoms with van der Waals surface area (Å²) in [4.78, 5) is 17.3. The zero-order valence-corrected chi connectivity index (χ0v) is 16.7. The Bertz CT molecular complexity index is 1150. The van der Waals surface area contributed by atoms with Crippen LogP contribution in [-0.2, 0) is 6.54 Å². The molecule has 7 nitrogen and oxygen atoms in total. The van der Waals surface area contributed by atoms with Gasteiger partial charge in [-0.3, -0.25) is 10.1 Å². The summed E-state index contributed by atoms with van der Waals surface area (Å²) in [6, 6.07) is 13.5. The van der Waals surface area contributed by atoms with Crippen LogP contribution in [0, 0.1) is 0 Å². The molecule has 2 aromatic carbocycles. The van der Waals surface area contributed by atoms with E-state index in [4.69, 9.17) is 0 Å². The molecule has 0 atom stereocenters. The molecule has 8 heteroatoms. The van der Waals surface area contributed by atoms with Crippen molar-refractivity contribution in [3.8, 4) is 11.4 Å². The van der Waals surface area contributed by atoms with Gasteiger partial charge in [-0.15, -0.1) is 5.10 Å². The number of aromatic nitrogens is 5. The normalized spacial score (nSPS) is 11.3. The summed E-state index contributed by atoms with van der Waals surface area (Å²) in [5.41, 5.74) is 3.48. The molecule has 0 fully saturated rings. The first-order valence-corrected chi connectivity index (χ1v) is 9.95. The number of carbonyl (C=O) groups excluding carboxylic acids is 1. The molecule has 4 rings (SSSR count). The van der Waals surface area contributed by atoms with Crippen molar-refractivity contribution in [1.29, 1.82) is 0 Å². The highest BCUT2D eigenvalue weighted by atomic mass is 32.1. The van der Waals surface area contributed by atoms with Crippen molar-refractivity contribution < 1.29 is 4.79 Å². The summed E-state index contributed by atoms with van der Waals surface area (Å²) in [6.45, 7) is 6.94. The van der Waals surface area contributed by atoms with E-state index in [2.05, 4.69) is 51.8 Å². The van der Waals surface area contributed by atoms with Crippen LogP contribution in [0.5, 0.6) is 0 Å². The number of hydrogen-bond donors (Lipinski definition) is 1. The van der Waals surface area contributed by atoms with Crippen molar-refractivity contribution >= 4 is 32.6 Å². The van der Waals surface area contributed by atoms with Crippen LogP contribution in [0.15, 0.2) is 42.5 Å². The highest BCUT2D eigenvalue weighted by molar-refractivity contribution is 7.22. The number of hydrogen-bond acceptors (Lipinski definition) is 6. The molecule has 0 radical (unpaired) electrons. The Kier molecular flexibility index (Phi) is 4.87. The second-order valence-corrected chi connectivity index (χ2v) is 7.78. The predicted molar refractivity (Wildman–Crippen MR) is 111 cm³/mol. The molecule has 142 valence electrons. The lowest BCUT2D eigenvalue weighted by atomic mass is 10.0. The standard InChI is InChI=1S/C20H20N6OS/c1-4-26-18(23-24-25-26)14-6-5-7-15(10-14)19(27)22-20-21-16-9-8-13(12(2)3)11-17(16)28-20/h5-12H,4H2,1-3H3,(H,21,22,27). The number of nitrogens with one attached hydrogen (secondary N) is 1. The van der Waals surface area contributed by atoms with Crippen molar-refractivity contribution in [3.05, 3.63) is 53.6 Å². The van der Waals surface area contributed by atoms with Crippen molar-refractivity contribution in [2.45, 2.75) is 33.2 Å². The fourth-order valence-corrected chi connectivity index (χ4v) is 3.86. The quantitative estimate of drug-likeness (QED) is 0.546. The fraction of sp³-hybridized carbons (Fsp3) is 0.250. The van der Waals surface area contributed by atoms with E-state index in [-0.39, 0.29) is 5.91 Å². The van der Waals surface area contributed by atoms with E-state index in [9.17, 15) is 4.79 Å². The van der Waals surface area contributed by atoms with Gasteiger partial charge in [0, 0.05) is 17.7 Å². The molecular formula is C20H20N6OS. The minimum Gasteiger partial charge on any atom is -0.298 e. The summed E-state index contributed by atoms with van der Waals surface area (Å²) in [6.07, 6.45) is 0. The summed E-state index contributed by atoms with van der Waals surface area (Å²) in [5.74, 6) is 0.880. The van der Waals surface area contributed by atoms with Crippen LogP contribution in [0.25, 0.3) is 21.6 Å². The zero-order chi connectivity index (χ0) is 19.7. The summed E-state index contributed by atoms with van der Waals surface area (Å²) in [5, 5.41) is 15.2. The van der Waals surface area contributed by atoms with Gasteiger partial charge in [0.15, 0.2) is 11.0 Å². The van der Waals surface area contributed by atoms with E-state index in [1.807, 2.05) is 25.1 Å². The average molecular weight is 392 g/mol. The van der Waals surface area contributed by atoms with E-state index in [1.54, 1.807) is 16.8 Å². The molecule has 0 aliphatic heterocycles. The third-order valence-corrected chi connectivity index (χ3v) is 5.45. The van der Waals surface area contributed by atoms with Gasteiger partial charge < -0.3 is 0 Å². The lowest BCUT2D eigenvalue weighted by Gasteiger charge is -2.05. The van der Waals surface area contributed by atoms with E-state index in [0.29, 0.717) is 29.0 Å². The van der Waals surface area contributed by atoms with E-state index < -0.39 is 0 Å². The van der Waals surface area contributed by atoms with Gasteiger partial charge in [0.1, 0.15) is 0 Å². The first-order chi connectivity index (χ1) is 13.5. The molecule has 2 aromatic heterocycles. The maximum atomic E-state index is 12.7. The predicted octanol–water partition coefficient (Wildman–Crippen LogP) is 4.35. The summed E-state index contributed by atoms with van der Waals surface area (Å²) in [7, 11) is 0. The highest BCUT2D eigenvalue weighted by Gasteiger charge is 2.14. The number of carbonyl (C=O) groups is 1. The van der Waals surface area contributed by atoms with Crippen LogP contribution in [0.4, 0.5) is 5.13 Å². The number of anilines is 1. The summed E-state index contributed by atoms with van der Waals surface area (Å²) < 4.78 is 2.76. The fourth-order valence-electron chi connectivity index (χ4n) is 2.95. The van der Waals surface area contributed by atoms with Crippen molar-refractivity contribution in [2.24, 2.45) is 0 Å². The van der Waals surface area contributed by atoms with Crippen LogP contribution in [0.3, 0.4) is 0 Å². The SMILES string of the molecule is CCn1nnnc1-c1cccc(C(=O)Nc2nc3ccc(C(C)C)cc3s2)c1. The largest absolute Gasteiger partial charge is 0.298 e. The molecule has 0 aliphatic carbocycles. The Morgan fingerprint density at radius 3 is 2.86 bits per heavy atom. The number of thiazole rings is 1. The Balaban J connectivity index is 1.59. The molecule has 0 unspecified atom stereocenters. The number of benzene rings is 2. The number of rotatable bonds is 5. The van der Waals surface area contributed by atoms with Gasteiger partial charge in [0.05, 0.1) is 10.2 Å². The Morgan fingerprint density at radius 1 is 1.21 bits per heavy atom. The van der Waals surface area contributed by atoms with Gasteiger partial charge in [0.25, 0.3) is 5.91 Å². The van der Waals surface area contributed by atoms with Gasteiger partial charge in [0.2, 0.25) is 0 Å². The molecule has 4 aromatic rings. The Morgan fingerprint density at radius 2 is 2.07 bits per heavy atom. The van der Waals surface area contributed by atoms with E-state index in [0.717, 1.165) is 15.8 Å². The Hall–Kier alpha value is -3.13. The van der Waals surface area contributed by atoms with E-state index in [1.165, 1.54) is 16.9 Å². The van der Waals surface area contributed by atoms with Gasteiger partial charge >= 0.3 is 0 Å². The smallest absolute Gasteiger partial charge is 0.257 e. The van der Waals surface area contributed by atoms with Crippen molar-refractivity contribution in [3.63, 3.8) is 0 Å². The molecule has 0 saturated heterocycles. The first kappa shape index (κ1) is 18.2. The van der Waals surface area contributed by atoms with Crippen molar-refractivity contribution in [2.75, 3.05) is 5.32 Å². The van der Waals surface area contributed by atoms with E-state index >= 15 is 0 Å². The number of aryl methyl sites for hydroxylation is 1. The molecule has 0 bridgehead atoms. The number of amides is 1. The second kappa shape index (κ2) is 7.47. The molecule has 2 heterocycles. The first-order valence-electron chi connectivity index (χ1n) is 9.13. The topological polar surface area (TPSA) is 85.6 Å². The highest BCUT2D eigenvalue weighted by Crippen LogP contribution is 2.29. The van der Waals surface area contributed by atoms with Crippen molar-refractivity contribution in [1.82, 2.24) is 25.2 Å². The third kappa shape index (κ3) is 3.50. The molecular weight excluding hydrogens is 372 g/mol. The number of nitrogens with zero attached hydrogens (tertiary/aromatic N) is 5. The zero-order valence-electron chi connectivity index (χ0n) is 15.9. The van der Waals surface area contributed by atoms with Crippen LogP contribution in [0.1, 0.15) is 42.6 Å². The number of tetrazole rings is 1. The van der Waals surface area contributed by atoms with Crippen LogP contribution in [-0.4, -0.2) is 31.1 Å². The maximum absolute atomic E-state index is 12.7. The lowest BCUT2D eigenvalue weighted by Crippen LogP contribution is -2.11. The minimum absolute atomic E-state index is 0.208. The van der Waals surface area contributed by atoms with Gasteiger partial charge in [-0.25, -0.2) is 9.67 Å². The minimum atomic E-state index is -0.208. The third-order valence-electron chi connectivity index (χ3n) is 4.51. The maximum Gasteiger partial charge on any atom is 0.257 e. The average Bonchev–Trinajstić information content (AvgIpc) is 3.33. The second-order valence-electron chi connectivity index (χ2n) is 6.75. The monoisotopic (exact) mass is 392 g/mol. The van der Waals surface area contributed by atoms with Gasteiger partial charge in [-0.05, 0) is 53.1 Å². The molecule has 0 spiro atoms. The van der Waals surface area contributed by atoms with Crippen LogP contribution < -0.4 is 5.32 Å². The molecule has 1 amide bonds. The summed E-state index contributed by atoms with van der Waals surface area (Å²) >= 11 is 1.48. The molecule has 1 N–H and O–H groups in total. The van der Waals surface area contributed by atoms with Crippen LogP contribution >= 0.6 is 11.3 Å². The van der Waals surface area contributed by atoms with Gasteiger partial charge in [-0.2, -0.15) is 0 Å². The number of fused-ring (bicyclic) bond motifs is 1. The molecule has 0 saturated carbocycles. The lowest BCUT2D eigenvalue weighted by molar-refractivity contribution is 0.102. The molecule has 0 aliphatic rings. The van der Waals surface area contributed by atoms with Gasteiger partial charge in [-0.1, -0.05) is 43.4 Å².